The number of rotatable bonds is 4. The van der Waals surface area contributed by atoms with Crippen LogP contribution in [0.5, 0.6) is 0 Å². The minimum Gasteiger partial charge on any atom is -0.383 e. The molecule has 0 aromatic heterocycles. The highest BCUT2D eigenvalue weighted by Crippen LogP contribution is 2.42. The van der Waals surface area contributed by atoms with E-state index in [1.807, 2.05) is 30.3 Å². The average Bonchev–Trinajstić information content (AvgIpc) is 2.87. The smallest absolute Gasteiger partial charge is 0.164 e. The first-order valence-corrected chi connectivity index (χ1v) is 7.02. The zero-order valence-corrected chi connectivity index (χ0v) is 12.1. The van der Waals surface area contributed by atoms with E-state index in [1.54, 1.807) is 13.8 Å². The summed E-state index contributed by atoms with van der Waals surface area (Å²) in [6.45, 7) is 3.96. The third-order valence-corrected chi connectivity index (χ3v) is 3.72. The van der Waals surface area contributed by atoms with Gasteiger partial charge < -0.3 is 19.3 Å². The molecule has 1 N–H and O–H groups in total. The van der Waals surface area contributed by atoms with Crippen LogP contribution in [-0.2, 0) is 20.8 Å². The van der Waals surface area contributed by atoms with Gasteiger partial charge in [0.1, 0.15) is 24.1 Å². The van der Waals surface area contributed by atoms with Crippen LogP contribution < -0.4 is 0 Å². The Morgan fingerprint density at radius 1 is 1.19 bits per heavy atom. The molecule has 0 bridgehead atoms. The van der Waals surface area contributed by atoms with Crippen molar-refractivity contribution in [1.29, 1.82) is 0 Å². The van der Waals surface area contributed by atoms with Gasteiger partial charge in [0.25, 0.3) is 0 Å². The summed E-state index contributed by atoms with van der Waals surface area (Å²) < 4.78 is 30.8. The van der Waals surface area contributed by atoms with Gasteiger partial charge in [0.15, 0.2) is 5.79 Å². The molecular formula is C16H19FO4. The van der Waals surface area contributed by atoms with Crippen LogP contribution >= 0.6 is 0 Å². The predicted octanol–water partition coefficient (Wildman–Crippen LogP) is 2.32. The highest BCUT2D eigenvalue weighted by Gasteiger charge is 2.53. The number of aliphatic hydroxyl groups is 1. The lowest BCUT2D eigenvalue weighted by Gasteiger charge is -2.19. The van der Waals surface area contributed by atoms with Crippen LogP contribution in [0.2, 0.25) is 0 Å². The normalized spacial score (nSPS) is 30.8. The van der Waals surface area contributed by atoms with E-state index in [-0.39, 0.29) is 6.61 Å². The van der Waals surface area contributed by atoms with Crippen molar-refractivity contribution in [1.82, 2.24) is 0 Å². The molecule has 0 spiro atoms. The molecule has 21 heavy (non-hydrogen) atoms. The molecule has 1 fully saturated rings. The molecule has 0 amide bonds. The van der Waals surface area contributed by atoms with Gasteiger partial charge in [-0.05, 0) is 19.4 Å². The molecule has 1 aliphatic heterocycles. The maximum absolute atomic E-state index is 14.1. The second kappa shape index (κ2) is 5.50. The van der Waals surface area contributed by atoms with Gasteiger partial charge in [-0.15, -0.1) is 0 Å². The van der Waals surface area contributed by atoms with E-state index in [0.29, 0.717) is 12.2 Å². The zero-order chi connectivity index (χ0) is 15.0. The second-order valence-corrected chi connectivity index (χ2v) is 5.82. The third-order valence-electron chi connectivity index (χ3n) is 3.72. The molecule has 3 atom stereocenters. The Morgan fingerprint density at radius 3 is 2.62 bits per heavy atom. The fourth-order valence-corrected chi connectivity index (χ4v) is 2.76. The monoisotopic (exact) mass is 294 g/mol. The lowest BCUT2D eigenvalue weighted by atomic mass is 10.1. The standard InChI is InChI=1S/C16H19FO4/c1-16(2)20-14-11(12(17)13(18)15(14)21-16)9-19-8-10-6-4-3-5-7-10/h3-7,13-15,18H,8-9H2,1-2H3/t13-,14-,15-/m0/s1. The van der Waals surface area contributed by atoms with Crippen LogP contribution in [-0.4, -0.2) is 35.8 Å². The zero-order valence-electron chi connectivity index (χ0n) is 12.1. The quantitative estimate of drug-likeness (QED) is 0.926. The van der Waals surface area contributed by atoms with Crippen molar-refractivity contribution >= 4 is 0 Å². The molecule has 0 radical (unpaired) electrons. The van der Waals surface area contributed by atoms with Crippen molar-refractivity contribution in [2.45, 2.75) is 44.6 Å². The van der Waals surface area contributed by atoms with Crippen LogP contribution in [0.1, 0.15) is 19.4 Å². The van der Waals surface area contributed by atoms with Gasteiger partial charge in [-0.3, -0.25) is 0 Å². The van der Waals surface area contributed by atoms with Gasteiger partial charge in [0.05, 0.1) is 13.2 Å². The van der Waals surface area contributed by atoms with Gasteiger partial charge in [-0.25, -0.2) is 4.39 Å². The van der Waals surface area contributed by atoms with Crippen LogP contribution in [0.4, 0.5) is 4.39 Å². The SMILES string of the molecule is CC1(C)O[C@H]2[C@@H](O)C(F)=C(COCc3ccccc3)[C@@H]2O1. The summed E-state index contributed by atoms with van der Waals surface area (Å²) in [5.74, 6) is -1.41. The molecule has 0 unspecified atom stereocenters. The summed E-state index contributed by atoms with van der Waals surface area (Å²) in [6, 6.07) is 9.65. The number of hydrogen-bond acceptors (Lipinski definition) is 4. The van der Waals surface area contributed by atoms with Gasteiger partial charge in [-0.2, -0.15) is 0 Å². The van der Waals surface area contributed by atoms with Crippen molar-refractivity contribution in [3.8, 4) is 0 Å². The van der Waals surface area contributed by atoms with Gasteiger partial charge >= 0.3 is 0 Å². The number of halogens is 1. The van der Waals surface area contributed by atoms with Crippen molar-refractivity contribution < 1.29 is 23.7 Å². The van der Waals surface area contributed by atoms with Crippen LogP contribution in [0.25, 0.3) is 0 Å². The first-order valence-electron chi connectivity index (χ1n) is 7.02. The number of fused-ring (bicyclic) bond motifs is 1. The van der Waals surface area contributed by atoms with Crippen molar-refractivity contribution in [3.05, 3.63) is 47.3 Å². The number of benzene rings is 1. The fraction of sp³-hybridized carbons (Fsp3) is 0.500. The van der Waals surface area contributed by atoms with Crippen LogP contribution in [0.3, 0.4) is 0 Å². The first kappa shape index (κ1) is 14.7. The number of hydrogen-bond donors (Lipinski definition) is 1. The summed E-state index contributed by atoms with van der Waals surface area (Å²) in [4.78, 5) is 0. The predicted molar refractivity (Wildman–Crippen MR) is 74.1 cm³/mol. The Balaban J connectivity index is 1.64. The van der Waals surface area contributed by atoms with Crippen LogP contribution in [0.15, 0.2) is 41.7 Å². The largest absolute Gasteiger partial charge is 0.383 e. The highest BCUT2D eigenvalue weighted by atomic mass is 19.1. The van der Waals surface area contributed by atoms with Crippen LogP contribution in [0, 0.1) is 0 Å². The Bertz CT molecular complexity index is 540. The number of aliphatic hydroxyl groups excluding tert-OH is 1. The molecule has 2 aliphatic rings. The Labute approximate surface area is 123 Å². The van der Waals surface area contributed by atoms with E-state index in [1.165, 1.54) is 0 Å². The topological polar surface area (TPSA) is 47.9 Å². The minimum absolute atomic E-state index is 0.0817. The molecule has 114 valence electrons. The molecule has 5 heteroatoms. The lowest BCUT2D eigenvalue weighted by molar-refractivity contribution is -0.155. The van der Waals surface area contributed by atoms with Gasteiger partial charge in [-0.1, -0.05) is 30.3 Å². The van der Waals surface area contributed by atoms with E-state index < -0.39 is 29.9 Å². The molecule has 1 aromatic carbocycles. The van der Waals surface area contributed by atoms with Gasteiger partial charge in [0.2, 0.25) is 0 Å². The summed E-state index contributed by atoms with van der Waals surface area (Å²) in [5, 5.41) is 9.89. The van der Waals surface area contributed by atoms with Crippen molar-refractivity contribution in [2.24, 2.45) is 0 Å². The summed E-state index contributed by atoms with van der Waals surface area (Å²) >= 11 is 0. The Hall–Kier alpha value is -1.27. The molecule has 4 nitrogen and oxygen atoms in total. The molecule has 1 aliphatic carbocycles. The third kappa shape index (κ3) is 2.87. The second-order valence-electron chi connectivity index (χ2n) is 5.82. The van der Waals surface area contributed by atoms with Gasteiger partial charge in [0, 0.05) is 5.57 Å². The lowest BCUT2D eigenvalue weighted by Crippen LogP contribution is -2.30. The molecule has 0 saturated carbocycles. The minimum atomic E-state index is -1.27. The van der Waals surface area contributed by atoms with Crippen molar-refractivity contribution in [2.75, 3.05) is 6.61 Å². The van der Waals surface area contributed by atoms with E-state index in [4.69, 9.17) is 14.2 Å². The molecule has 3 rings (SSSR count). The van der Waals surface area contributed by atoms with E-state index >= 15 is 0 Å². The Morgan fingerprint density at radius 2 is 1.90 bits per heavy atom. The molecule has 1 heterocycles. The molecule has 1 saturated heterocycles. The average molecular weight is 294 g/mol. The molecular weight excluding hydrogens is 275 g/mol. The fourth-order valence-electron chi connectivity index (χ4n) is 2.76. The summed E-state index contributed by atoms with van der Waals surface area (Å²) in [7, 11) is 0. The summed E-state index contributed by atoms with van der Waals surface area (Å²) in [6.07, 6.45) is -2.53. The highest BCUT2D eigenvalue weighted by molar-refractivity contribution is 5.30. The maximum atomic E-state index is 14.1. The Kier molecular flexibility index (Phi) is 3.84. The maximum Gasteiger partial charge on any atom is 0.164 e. The van der Waals surface area contributed by atoms with E-state index in [9.17, 15) is 9.50 Å². The first-order chi connectivity index (χ1) is 9.98. The van der Waals surface area contributed by atoms with Crippen molar-refractivity contribution in [3.63, 3.8) is 0 Å². The van der Waals surface area contributed by atoms with E-state index in [2.05, 4.69) is 0 Å². The molecule has 1 aromatic rings. The number of ether oxygens (including phenoxy) is 3. The van der Waals surface area contributed by atoms with E-state index in [0.717, 1.165) is 5.56 Å². The summed E-state index contributed by atoms with van der Waals surface area (Å²) in [5.41, 5.74) is 1.35.